The van der Waals surface area contributed by atoms with E-state index < -0.39 is 6.04 Å². The van der Waals surface area contributed by atoms with E-state index >= 15 is 0 Å². The number of rotatable bonds is 3. The lowest BCUT2D eigenvalue weighted by molar-refractivity contribution is -0.122. The maximum atomic E-state index is 12.0. The quantitative estimate of drug-likeness (QED) is 0.811. The summed E-state index contributed by atoms with van der Waals surface area (Å²) in [5.74, 6) is -0.308. The van der Waals surface area contributed by atoms with Gasteiger partial charge in [-0.05, 0) is 35.0 Å². The molecule has 2 aromatic rings. The van der Waals surface area contributed by atoms with Gasteiger partial charge >= 0.3 is 0 Å². The molecule has 1 unspecified atom stereocenters. The molecule has 1 saturated heterocycles. The zero-order chi connectivity index (χ0) is 13.9. The van der Waals surface area contributed by atoms with Gasteiger partial charge in [-0.3, -0.25) is 9.59 Å². The first-order valence-corrected chi connectivity index (χ1v) is 6.16. The van der Waals surface area contributed by atoms with Crippen LogP contribution in [0.3, 0.4) is 0 Å². The van der Waals surface area contributed by atoms with Gasteiger partial charge in [0.25, 0.3) is 0 Å². The molecular formula is C12H12N6O2. The molecule has 1 aromatic carbocycles. The number of anilines is 1. The molecule has 8 nitrogen and oxygen atoms in total. The van der Waals surface area contributed by atoms with Crippen molar-refractivity contribution in [2.24, 2.45) is 0 Å². The van der Waals surface area contributed by atoms with E-state index in [2.05, 4.69) is 26.2 Å². The van der Waals surface area contributed by atoms with E-state index in [1.165, 1.54) is 11.0 Å². The van der Waals surface area contributed by atoms with E-state index in [1.807, 2.05) is 6.07 Å². The molecule has 1 fully saturated rings. The van der Waals surface area contributed by atoms with Gasteiger partial charge in [0.15, 0.2) is 0 Å². The van der Waals surface area contributed by atoms with Crippen molar-refractivity contribution < 1.29 is 9.59 Å². The minimum absolute atomic E-state index is 0.0902. The molecule has 3 rings (SSSR count). The van der Waals surface area contributed by atoms with E-state index in [0.29, 0.717) is 18.5 Å². The fourth-order valence-corrected chi connectivity index (χ4v) is 2.05. The Morgan fingerprint density at radius 2 is 2.35 bits per heavy atom. The minimum atomic E-state index is -0.459. The Labute approximate surface area is 114 Å². The van der Waals surface area contributed by atoms with Crippen molar-refractivity contribution in [2.45, 2.75) is 18.9 Å². The molecule has 0 bridgehead atoms. The summed E-state index contributed by atoms with van der Waals surface area (Å²) in [4.78, 5) is 23.1. The van der Waals surface area contributed by atoms with Gasteiger partial charge in [0.1, 0.15) is 12.4 Å². The number of aromatic nitrogens is 4. The third-order valence-electron chi connectivity index (χ3n) is 3.04. The van der Waals surface area contributed by atoms with Crippen LogP contribution in [0.15, 0.2) is 30.6 Å². The smallest absolute Gasteiger partial charge is 0.246 e. The molecule has 20 heavy (non-hydrogen) atoms. The highest BCUT2D eigenvalue weighted by Gasteiger charge is 2.27. The number of tetrazole rings is 1. The van der Waals surface area contributed by atoms with Gasteiger partial charge in [0, 0.05) is 12.1 Å². The van der Waals surface area contributed by atoms with Gasteiger partial charge in [-0.25, -0.2) is 4.68 Å². The Morgan fingerprint density at radius 1 is 1.45 bits per heavy atom. The predicted octanol–water partition coefficient (Wildman–Crippen LogP) is -0.121. The SMILES string of the molecule is O=C1CCC(C(=O)Nc2cccc(-n3cnnn3)c2)N1. The third-order valence-corrected chi connectivity index (χ3v) is 3.04. The fourth-order valence-electron chi connectivity index (χ4n) is 2.05. The van der Waals surface area contributed by atoms with Crippen molar-refractivity contribution in [1.29, 1.82) is 0 Å². The van der Waals surface area contributed by atoms with Crippen molar-refractivity contribution >= 4 is 17.5 Å². The number of hydrogen-bond acceptors (Lipinski definition) is 5. The number of amides is 2. The zero-order valence-electron chi connectivity index (χ0n) is 10.5. The second-order valence-electron chi connectivity index (χ2n) is 4.45. The van der Waals surface area contributed by atoms with Crippen molar-refractivity contribution in [1.82, 2.24) is 25.5 Å². The van der Waals surface area contributed by atoms with Gasteiger partial charge < -0.3 is 10.6 Å². The first kappa shape index (κ1) is 12.3. The topological polar surface area (TPSA) is 102 Å². The normalized spacial score (nSPS) is 17.8. The summed E-state index contributed by atoms with van der Waals surface area (Å²) < 4.78 is 1.49. The number of carbonyl (C=O) groups excluding carboxylic acids is 2. The monoisotopic (exact) mass is 272 g/mol. The van der Waals surface area contributed by atoms with Crippen LogP contribution in [0, 0.1) is 0 Å². The van der Waals surface area contributed by atoms with Crippen LogP contribution in [0.2, 0.25) is 0 Å². The average molecular weight is 272 g/mol. The highest BCUT2D eigenvalue weighted by atomic mass is 16.2. The lowest BCUT2D eigenvalue weighted by Crippen LogP contribution is -2.37. The molecule has 0 spiro atoms. The maximum absolute atomic E-state index is 12.0. The fraction of sp³-hybridized carbons (Fsp3) is 0.250. The Morgan fingerprint density at radius 3 is 3.05 bits per heavy atom. The lowest BCUT2D eigenvalue weighted by atomic mass is 10.2. The molecule has 102 valence electrons. The van der Waals surface area contributed by atoms with E-state index in [-0.39, 0.29) is 11.8 Å². The molecular weight excluding hydrogens is 260 g/mol. The number of nitrogens with zero attached hydrogens (tertiary/aromatic N) is 4. The van der Waals surface area contributed by atoms with Gasteiger partial charge in [0.2, 0.25) is 11.8 Å². The summed E-state index contributed by atoms with van der Waals surface area (Å²) in [6, 6.07) is 6.68. The molecule has 1 aliphatic rings. The summed E-state index contributed by atoms with van der Waals surface area (Å²) in [5, 5.41) is 16.3. The third kappa shape index (κ3) is 2.48. The van der Waals surface area contributed by atoms with E-state index in [4.69, 9.17) is 0 Å². The van der Waals surface area contributed by atoms with Crippen molar-refractivity contribution in [2.75, 3.05) is 5.32 Å². The average Bonchev–Trinajstić information content (AvgIpc) is 3.10. The molecule has 2 amide bonds. The van der Waals surface area contributed by atoms with Gasteiger partial charge in [-0.1, -0.05) is 6.07 Å². The predicted molar refractivity (Wildman–Crippen MR) is 68.9 cm³/mol. The Kier molecular flexibility index (Phi) is 3.12. The van der Waals surface area contributed by atoms with Crippen LogP contribution < -0.4 is 10.6 Å². The van der Waals surface area contributed by atoms with E-state index in [9.17, 15) is 9.59 Å². The maximum Gasteiger partial charge on any atom is 0.246 e. The van der Waals surface area contributed by atoms with E-state index in [0.717, 1.165) is 5.69 Å². The first-order valence-electron chi connectivity index (χ1n) is 6.16. The number of hydrogen-bond donors (Lipinski definition) is 2. The Bertz CT molecular complexity index is 639. The zero-order valence-corrected chi connectivity index (χ0v) is 10.5. The summed E-state index contributed by atoms with van der Waals surface area (Å²) in [6.45, 7) is 0. The molecule has 8 heteroatoms. The standard InChI is InChI=1S/C12H12N6O2/c19-11-5-4-10(15-11)12(20)14-8-2-1-3-9(6-8)18-7-13-16-17-18/h1-3,6-7,10H,4-5H2,(H,14,20)(H,15,19). The van der Waals surface area contributed by atoms with Crippen LogP contribution in [-0.2, 0) is 9.59 Å². The Hall–Kier alpha value is -2.77. The minimum Gasteiger partial charge on any atom is -0.344 e. The second kappa shape index (κ2) is 5.08. The lowest BCUT2D eigenvalue weighted by Gasteiger charge is -2.11. The van der Waals surface area contributed by atoms with Crippen LogP contribution >= 0.6 is 0 Å². The highest BCUT2D eigenvalue weighted by molar-refractivity contribution is 5.99. The summed E-state index contributed by atoms with van der Waals surface area (Å²) in [7, 11) is 0. The van der Waals surface area contributed by atoms with Crippen molar-refractivity contribution in [3.05, 3.63) is 30.6 Å². The number of carbonyl (C=O) groups is 2. The Balaban J connectivity index is 1.73. The second-order valence-corrected chi connectivity index (χ2v) is 4.45. The molecule has 0 aliphatic carbocycles. The van der Waals surface area contributed by atoms with Crippen LogP contribution in [0.4, 0.5) is 5.69 Å². The highest BCUT2D eigenvalue weighted by Crippen LogP contribution is 2.15. The summed E-state index contributed by atoms with van der Waals surface area (Å²) in [6.07, 6.45) is 2.39. The summed E-state index contributed by atoms with van der Waals surface area (Å²) >= 11 is 0. The molecule has 1 aliphatic heterocycles. The van der Waals surface area contributed by atoms with Crippen LogP contribution in [0.1, 0.15) is 12.8 Å². The largest absolute Gasteiger partial charge is 0.344 e. The first-order chi connectivity index (χ1) is 9.72. The van der Waals surface area contributed by atoms with Crippen molar-refractivity contribution in [3.63, 3.8) is 0 Å². The van der Waals surface area contributed by atoms with Crippen LogP contribution in [0.5, 0.6) is 0 Å². The number of nitrogens with one attached hydrogen (secondary N) is 2. The van der Waals surface area contributed by atoms with Crippen molar-refractivity contribution in [3.8, 4) is 5.69 Å². The molecule has 1 atom stereocenters. The molecule has 0 saturated carbocycles. The molecule has 2 N–H and O–H groups in total. The van der Waals surface area contributed by atoms with E-state index in [1.54, 1.807) is 18.2 Å². The molecule has 0 radical (unpaired) electrons. The number of benzene rings is 1. The van der Waals surface area contributed by atoms with Gasteiger partial charge in [0.05, 0.1) is 5.69 Å². The molecule has 2 heterocycles. The van der Waals surface area contributed by atoms with Crippen LogP contribution in [0.25, 0.3) is 5.69 Å². The summed E-state index contributed by atoms with van der Waals surface area (Å²) in [5.41, 5.74) is 1.37. The molecule has 1 aromatic heterocycles. The van der Waals surface area contributed by atoms with Crippen LogP contribution in [-0.4, -0.2) is 38.1 Å². The van der Waals surface area contributed by atoms with Gasteiger partial charge in [-0.2, -0.15) is 0 Å². The van der Waals surface area contributed by atoms with Gasteiger partial charge in [-0.15, -0.1) is 5.10 Å².